The molecule has 0 aliphatic rings. The molecule has 5 heteroatoms. The first-order valence-electron chi connectivity index (χ1n) is 9.05. The van der Waals surface area contributed by atoms with Crippen molar-refractivity contribution in [2.75, 3.05) is 5.32 Å². The molecule has 28 heavy (non-hydrogen) atoms. The maximum Gasteiger partial charge on any atom is 0.361 e. The summed E-state index contributed by atoms with van der Waals surface area (Å²) in [6, 6.07) is 26.9. The third kappa shape index (κ3) is 4.15. The summed E-state index contributed by atoms with van der Waals surface area (Å²) in [7, 11) is 0. The molecule has 0 saturated carbocycles. The van der Waals surface area contributed by atoms with E-state index in [1.54, 1.807) is 0 Å². The molecule has 0 fully saturated rings. The highest BCUT2D eigenvalue weighted by atomic mass is 16.5. The van der Waals surface area contributed by atoms with Gasteiger partial charge in [0, 0.05) is 6.54 Å². The zero-order valence-corrected chi connectivity index (χ0v) is 15.2. The second kappa shape index (κ2) is 8.31. The monoisotopic (exact) mass is 369 g/mol. The van der Waals surface area contributed by atoms with Gasteiger partial charge in [-0.15, -0.1) is 0 Å². The van der Waals surface area contributed by atoms with Crippen molar-refractivity contribution >= 4 is 22.8 Å². The van der Waals surface area contributed by atoms with Gasteiger partial charge in [0.25, 0.3) is 0 Å². The smallest absolute Gasteiger partial charge is 0.361 e. The highest BCUT2D eigenvalue weighted by molar-refractivity contribution is 5.95. The van der Waals surface area contributed by atoms with Crippen LogP contribution in [0, 0.1) is 0 Å². The van der Waals surface area contributed by atoms with Crippen LogP contribution in [0.25, 0.3) is 11.0 Å². The van der Waals surface area contributed by atoms with Crippen LogP contribution in [0.15, 0.2) is 84.9 Å². The Balaban J connectivity index is 1.59. The summed E-state index contributed by atoms with van der Waals surface area (Å²) in [5, 5.41) is 3.23. The van der Waals surface area contributed by atoms with Gasteiger partial charge in [-0.05, 0) is 23.3 Å². The van der Waals surface area contributed by atoms with Gasteiger partial charge in [0.1, 0.15) is 6.61 Å². The SMILES string of the molecule is O=C(OCc1ccccc1)c1nc2ccccc2nc1NCc1ccccc1. The Kier molecular flexibility index (Phi) is 5.24. The number of anilines is 1. The quantitative estimate of drug-likeness (QED) is 0.503. The summed E-state index contributed by atoms with van der Waals surface area (Å²) in [5.74, 6) is -0.0849. The van der Waals surface area contributed by atoms with Crippen molar-refractivity contribution in [2.45, 2.75) is 13.2 Å². The first-order valence-corrected chi connectivity index (χ1v) is 9.05. The number of carbonyl (C=O) groups excluding carboxylic acids is 1. The largest absolute Gasteiger partial charge is 0.456 e. The van der Waals surface area contributed by atoms with Crippen LogP contribution in [0.5, 0.6) is 0 Å². The lowest BCUT2D eigenvalue weighted by atomic mass is 10.2. The third-order valence-corrected chi connectivity index (χ3v) is 4.28. The molecule has 0 radical (unpaired) electrons. The van der Waals surface area contributed by atoms with Crippen LogP contribution >= 0.6 is 0 Å². The van der Waals surface area contributed by atoms with Gasteiger partial charge >= 0.3 is 5.97 Å². The Morgan fingerprint density at radius 1 is 0.750 bits per heavy atom. The molecule has 1 heterocycles. The maximum absolute atomic E-state index is 12.7. The lowest BCUT2D eigenvalue weighted by Gasteiger charge is -2.12. The van der Waals surface area contributed by atoms with Crippen molar-refractivity contribution < 1.29 is 9.53 Å². The van der Waals surface area contributed by atoms with Crippen LogP contribution in [-0.4, -0.2) is 15.9 Å². The van der Waals surface area contributed by atoms with E-state index in [4.69, 9.17) is 4.74 Å². The van der Waals surface area contributed by atoms with Gasteiger partial charge in [-0.25, -0.2) is 14.8 Å². The Hall–Kier alpha value is -3.73. The molecule has 4 rings (SSSR count). The molecule has 0 atom stereocenters. The van der Waals surface area contributed by atoms with E-state index in [2.05, 4.69) is 15.3 Å². The standard InChI is InChI=1S/C23H19N3O2/c27-23(28-16-18-11-5-2-6-12-18)21-22(24-15-17-9-3-1-4-10-17)26-20-14-8-7-13-19(20)25-21/h1-14H,15-16H2,(H,24,26). The number of nitrogens with zero attached hydrogens (tertiary/aromatic N) is 2. The number of nitrogens with one attached hydrogen (secondary N) is 1. The molecule has 5 nitrogen and oxygen atoms in total. The average Bonchev–Trinajstić information content (AvgIpc) is 2.77. The fourth-order valence-electron chi connectivity index (χ4n) is 2.84. The summed E-state index contributed by atoms with van der Waals surface area (Å²) in [5.41, 5.74) is 3.56. The molecule has 0 amide bonds. The van der Waals surface area contributed by atoms with Gasteiger partial charge in [0.15, 0.2) is 11.5 Å². The number of ether oxygens (including phenoxy) is 1. The normalized spacial score (nSPS) is 10.6. The Labute approximate surface area is 163 Å². The molecule has 1 aromatic heterocycles. The summed E-state index contributed by atoms with van der Waals surface area (Å²) in [4.78, 5) is 21.8. The zero-order valence-electron chi connectivity index (χ0n) is 15.2. The van der Waals surface area contributed by atoms with Crippen LogP contribution < -0.4 is 5.32 Å². The van der Waals surface area contributed by atoms with Crippen molar-refractivity contribution in [1.82, 2.24) is 9.97 Å². The molecule has 0 saturated heterocycles. The number of benzene rings is 3. The van der Waals surface area contributed by atoms with E-state index in [1.165, 1.54) is 0 Å². The molecule has 0 unspecified atom stereocenters. The molecule has 0 aliphatic heterocycles. The summed E-state index contributed by atoms with van der Waals surface area (Å²) in [6.45, 7) is 0.721. The second-order valence-electron chi connectivity index (χ2n) is 6.31. The first-order chi connectivity index (χ1) is 13.8. The van der Waals surface area contributed by atoms with Crippen molar-refractivity contribution in [2.24, 2.45) is 0 Å². The van der Waals surface area contributed by atoms with Gasteiger partial charge in [0.2, 0.25) is 0 Å². The van der Waals surface area contributed by atoms with Gasteiger partial charge in [-0.1, -0.05) is 72.8 Å². The minimum absolute atomic E-state index is 0.186. The minimum atomic E-state index is -0.502. The molecule has 0 aliphatic carbocycles. The van der Waals surface area contributed by atoms with E-state index in [0.29, 0.717) is 17.9 Å². The van der Waals surface area contributed by atoms with Crippen LogP contribution in [-0.2, 0) is 17.9 Å². The zero-order chi connectivity index (χ0) is 19.2. The molecule has 0 bridgehead atoms. The van der Waals surface area contributed by atoms with Crippen molar-refractivity contribution in [3.63, 3.8) is 0 Å². The number of para-hydroxylation sites is 2. The summed E-state index contributed by atoms with van der Waals surface area (Å²) in [6.07, 6.45) is 0. The number of esters is 1. The molecule has 1 N–H and O–H groups in total. The van der Waals surface area contributed by atoms with Gasteiger partial charge in [-0.2, -0.15) is 0 Å². The van der Waals surface area contributed by atoms with Crippen molar-refractivity contribution in [3.8, 4) is 0 Å². The van der Waals surface area contributed by atoms with E-state index < -0.39 is 5.97 Å². The van der Waals surface area contributed by atoms with Gasteiger partial charge in [-0.3, -0.25) is 0 Å². The van der Waals surface area contributed by atoms with Crippen molar-refractivity contribution in [1.29, 1.82) is 0 Å². The van der Waals surface area contributed by atoms with Crippen molar-refractivity contribution in [3.05, 3.63) is 102 Å². The lowest BCUT2D eigenvalue weighted by Crippen LogP contribution is -2.14. The molecule has 4 aromatic rings. The summed E-state index contributed by atoms with van der Waals surface area (Å²) >= 11 is 0. The van der Waals surface area contributed by atoms with E-state index >= 15 is 0 Å². The number of hydrogen-bond acceptors (Lipinski definition) is 5. The Morgan fingerprint density at radius 3 is 2.00 bits per heavy atom. The van der Waals surface area contributed by atoms with Crippen LogP contribution in [0.2, 0.25) is 0 Å². The Bertz CT molecular complexity index is 1080. The molecular formula is C23H19N3O2. The number of rotatable bonds is 6. The molecule has 3 aromatic carbocycles. The van der Waals surface area contributed by atoms with E-state index in [-0.39, 0.29) is 12.3 Å². The molecule has 138 valence electrons. The van der Waals surface area contributed by atoms with Gasteiger partial charge < -0.3 is 10.1 Å². The highest BCUT2D eigenvalue weighted by Gasteiger charge is 2.18. The fourth-order valence-corrected chi connectivity index (χ4v) is 2.84. The van der Waals surface area contributed by atoms with Gasteiger partial charge in [0.05, 0.1) is 11.0 Å². The predicted octanol–water partition coefficient (Wildman–Crippen LogP) is 4.60. The molecular weight excluding hydrogens is 350 g/mol. The number of carbonyl (C=O) groups is 1. The number of hydrogen-bond donors (Lipinski definition) is 1. The van der Waals surface area contributed by atoms with Crippen LogP contribution in [0.1, 0.15) is 21.6 Å². The number of aromatic nitrogens is 2. The van der Waals surface area contributed by atoms with E-state index in [0.717, 1.165) is 16.6 Å². The Morgan fingerprint density at radius 2 is 1.32 bits per heavy atom. The number of fused-ring (bicyclic) bond motifs is 1. The molecule has 0 spiro atoms. The highest BCUT2D eigenvalue weighted by Crippen LogP contribution is 2.19. The minimum Gasteiger partial charge on any atom is -0.456 e. The van der Waals surface area contributed by atoms with Crippen LogP contribution in [0.3, 0.4) is 0 Å². The third-order valence-electron chi connectivity index (χ3n) is 4.28. The maximum atomic E-state index is 12.7. The van der Waals surface area contributed by atoms with Crippen LogP contribution in [0.4, 0.5) is 5.82 Å². The lowest BCUT2D eigenvalue weighted by molar-refractivity contribution is 0.0467. The fraction of sp³-hybridized carbons (Fsp3) is 0.0870. The first kappa shape index (κ1) is 17.7. The second-order valence-corrected chi connectivity index (χ2v) is 6.31. The average molecular weight is 369 g/mol. The van der Waals surface area contributed by atoms with E-state index in [9.17, 15) is 4.79 Å². The summed E-state index contributed by atoms with van der Waals surface area (Å²) < 4.78 is 5.47. The predicted molar refractivity (Wildman–Crippen MR) is 109 cm³/mol. The topological polar surface area (TPSA) is 64.1 Å². The van der Waals surface area contributed by atoms with E-state index in [1.807, 2.05) is 84.9 Å².